The zero-order valence-corrected chi connectivity index (χ0v) is 16.3. The Labute approximate surface area is 159 Å². The first kappa shape index (κ1) is 19.6. The van der Waals surface area contributed by atoms with Gasteiger partial charge >= 0.3 is 0 Å². The van der Waals surface area contributed by atoms with Crippen LogP contribution in [0.4, 0.5) is 0 Å². The Morgan fingerprint density at radius 1 is 1.60 bits per heavy atom. The molecule has 1 saturated heterocycles. The van der Waals surface area contributed by atoms with Crippen LogP contribution in [0.2, 0.25) is 0 Å². The monoisotopic (exact) mass is 378 g/mol. The van der Waals surface area contributed by atoms with Crippen molar-refractivity contribution in [3.63, 3.8) is 0 Å². The van der Waals surface area contributed by atoms with Crippen LogP contribution in [0.25, 0.3) is 0 Å². The fourth-order valence-corrected chi connectivity index (χ4v) is 3.60. The molecule has 1 aliphatic rings. The summed E-state index contributed by atoms with van der Waals surface area (Å²) in [5.41, 5.74) is 0.0685. The van der Waals surface area contributed by atoms with E-state index in [4.69, 9.17) is 0 Å². The van der Waals surface area contributed by atoms with Gasteiger partial charge in [0.25, 0.3) is 5.91 Å². The number of aromatic nitrogens is 1. The lowest BCUT2D eigenvalue weighted by molar-refractivity contribution is -0.145. The number of rotatable bonds is 4. The molecule has 8 heteroatoms. The van der Waals surface area contributed by atoms with E-state index in [1.54, 1.807) is 30.3 Å². The Bertz CT molecular complexity index is 704. The zero-order chi connectivity index (χ0) is 18.8. The molecule has 0 radical (unpaired) electrons. The SMILES string of the molecule is CN(C(=O)CS)C(C)(S)C(=O)N1CC[C@](C)(C#N)[C@@H]1c1cccnc1. The van der Waals surface area contributed by atoms with Gasteiger partial charge in [0.2, 0.25) is 5.91 Å². The fourth-order valence-electron chi connectivity index (χ4n) is 3.15. The van der Waals surface area contributed by atoms with Crippen molar-refractivity contribution in [2.75, 3.05) is 19.3 Å². The van der Waals surface area contributed by atoms with Crippen LogP contribution in [0.1, 0.15) is 31.9 Å². The molecule has 0 aliphatic carbocycles. The Morgan fingerprint density at radius 3 is 2.80 bits per heavy atom. The third-order valence-corrected chi connectivity index (χ3v) is 5.63. The summed E-state index contributed by atoms with van der Waals surface area (Å²) in [5, 5.41) is 9.69. The standard InChI is InChI=1S/C17H22N4O2S2/c1-16(11-18)6-8-21(14(16)12-5-4-7-19-9-12)15(23)17(2,25)20(3)13(22)10-24/h4-5,7,9,14,24-25H,6,8,10H2,1-3H3/t14-,16+,17?/m0/s1. The number of pyridine rings is 1. The van der Waals surface area contributed by atoms with Gasteiger partial charge in [0.05, 0.1) is 23.3 Å². The lowest BCUT2D eigenvalue weighted by Gasteiger charge is -2.39. The van der Waals surface area contributed by atoms with E-state index in [1.807, 2.05) is 13.0 Å². The van der Waals surface area contributed by atoms with E-state index < -0.39 is 16.3 Å². The van der Waals surface area contributed by atoms with E-state index in [-0.39, 0.29) is 17.6 Å². The predicted molar refractivity (Wildman–Crippen MR) is 101 cm³/mol. The largest absolute Gasteiger partial charge is 0.331 e. The average Bonchev–Trinajstić information content (AvgIpc) is 2.98. The van der Waals surface area contributed by atoms with Crippen LogP contribution in [0.3, 0.4) is 0 Å². The highest BCUT2D eigenvalue weighted by molar-refractivity contribution is 7.82. The minimum atomic E-state index is -1.33. The molecule has 1 aliphatic heterocycles. The number of carbonyl (C=O) groups excluding carboxylic acids is 2. The normalized spacial score (nSPS) is 25.1. The second-order valence-electron chi connectivity index (χ2n) is 6.60. The fraction of sp³-hybridized carbons (Fsp3) is 0.529. The molecule has 6 nitrogen and oxygen atoms in total. The van der Waals surface area contributed by atoms with Crippen LogP contribution in [0, 0.1) is 16.7 Å². The van der Waals surface area contributed by atoms with Crippen LogP contribution in [-0.4, -0.2) is 50.8 Å². The van der Waals surface area contributed by atoms with Gasteiger partial charge in [-0.15, -0.1) is 12.6 Å². The first-order valence-electron chi connectivity index (χ1n) is 7.91. The summed E-state index contributed by atoms with van der Waals surface area (Å²) in [5.74, 6) is -0.627. The molecule has 1 fully saturated rings. The third-order valence-electron chi connectivity index (χ3n) is 4.87. The summed E-state index contributed by atoms with van der Waals surface area (Å²) < 4.78 is 0. The van der Waals surface area contributed by atoms with Gasteiger partial charge in [-0.25, -0.2) is 0 Å². The highest BCUT2D eigenvalue weighted by Gasteiger charge is 2.51. The first-order chi connectivity index (χ1) is 11.7. The van der Waals surface area contributed by atoms with Crippen LogP contribution in [-0.2, 0) is 9.59 Å². The summed E-state index contributed by atoms with van der Waals surface area (Å²) in [4.78, 5) is 30.9. The maximum absolute atomic E-state index is 13.2. The number of nitriles is 1. The van der Waals surface area contributed by atoms with Crippen molar-refractivity contribution in [2.45, 2.75) is 31.2 Å². The summed E-state index contributed by atoms with van der Waals surface area (Å²) in [6.45, 7) is 3.85. The van der Waals surface area contributed by atoms with Gasteiger partial charge in [-0.1, -0.05) is 6.07 Å². The molecule has 3 atom stereocenters. The number of amides is 2. The van der Waals surface area contributed by atoms with E-state index >= 15 is 0 Å². The quantitative estimate of drug-likeness (QED) is 0.620. The summed E-state index contributed by atoms with van der Waals surface area (Å²) in [7, 11) is 1.53. The van der Waals surface area contributed by atoms with E-state index in [0.717, 1.165) is 5.56 Å². The molecule has 0 N–H and O–H groups in total. The molecule has 2 heterocycles. The molecule has 0 spiro atoms. The highest BCUT2D eigenvalue weighted by atomic mass is 32.1. The molecule has 1 unspecified atom stereocenters. The summed E-state index contributed by atoms with van der Waals surface area (Å²) >= 11 is 8.45. The maximum atomic E-state index is 13.2. The molecular weight excluding hydrogens is 356 g/mol. The maximum Gasteiger partial charge on any atom is 0.259 e. The van der Waals surface area contributed by atoms with Crippen molar-refractivity contribution in [3.8, 4) is 6.07 Å². The number of carbonyl (C=O) groups is 2. The highest BCUT2D eigenvalue weighted by Crippen LogP contribution is 2.47. The number of likely N-dealkylation sites (tertiary alicyclic amines) is 1. The molecule has 2 amide bonds. The smallest absolute Gasteiger partial charge is 0.259 e. The second kappa shape index (κ2) is 7.26. The van der Waals surface area contributed by atoms with Gasteiger partial charge in [-0.05, 0) is 31.9 Å². The number of nitrogens with zero attached hydrogens (tertiary/aromatic N) is 4. The summed E-state index contributed by atoms with van der Waals surface area (Å²) in [6, 6.07) is 5.55. The third kappa shape index (κ3) is 3.48. The molecule has 25 heavy (non-hydrogen) atoms. The minimum absolute atomic E-state index is 0.0120. The number of thiol groups is 2. The van der Waals surface area contributed by atoms with Crippen molar-refractivity contribution < 1.29 is 9.59 Å². The van der Waals surface area contributed by atoms with Gasteiger partial charge < -0.3 is 9.80 Å². The molecule has 134 valence electrons. The van der Waals surface area contributed by atoms with Gasteiger partial charge in [-0.3, -0.25) is 14.6 Å². The molecule has 1 aromatic rings. The van der Waals surface area contributed by atoms with Crippen LogP contribution in [0.15, 0.2) is 24.5 Å². The van der Waals surface area contributed by atoms with Crippen molar-refractivity contribution in [3.05, 3.63) is 30.1 Å². The molecule has 2 rings (SSSR count). The second-order valence-corrected chi connectivity index (χ2v) is 7.79. The first-order valence-corrected chi connectivity index (χ1v) is 8.99. The topological polar surface area (TPSA) is 77.3 Å². The van der Waals surface area contributed by atoms with Gasteiger partial charge in [-0.2, -0.15) is 17.9 Å². The van der Waals surface area contributed by atoms with Crippen LogP contribution >= 0.6 is 25.3 Å². The van der Waals surface area contributed by atoms with E-state index in [9.17, 15) is 14.9 Å². The number of likely N-dealkylation sites (N-methyl/N-ethyl adjacent to an activating group) is 1. The van der Waals surface area contributed by atoms with Crippen molar-refractivity contribution >= 4 is 37.1 Å². The van der Waals surface area contributed by atoms with Gasteiger partial charge in [0.1, 0.15) is 0 Å². The molecule has 0 aromatic carbocycles. The van der Waals surface area contributed by atoms with Crippen molar-refractivity contribution in [1.29, 1.82) is 5.26 Å². The Balaban J connectivity index is 2.41. The van der Waals surface area contributed by atoms with Gasteiger partial charge in [0.15, 0.2) is 4.87 Å². The lowest BCUT2D eigenvalue weighted by atomic mass is 9.81. The molecular formula is C17H22N4O2S2. The van der Waals surface area contributed by atoms with Crippen molar-refractivity contribution in [1.82, 2.24) is 14.8 Å². The van der Waals surface area contributed by atoms with Crippen molar-refractivity contribution in [2.24, 2.45) is 5.41 Å². The number of hydrogen-bond donors (Lipinski definition) is 2. The molecule has 1 aromatic heterocycles. The molecule has 0 bridgehead atoms. The summed E-state index contributed by atoms with van der Waals surface area (Å²) in [6.07, 6.45) is 3.86. The average molecular weight is 379 g/mol. The van der Waals surface area contributed by atoms with Gasteiger partial charge in [0, 0.05) is 26.0 Å². The lowest BCUT2D eigenvalue weighted by Crippen LogP contribution is -2.55. The number of hydrogen-bond acceptors (Lipinski definition) is 6. The Kier molecular flexibility index (Phi) is 5.69. The Hall–Kier alpha value is -1.72. The van der Waals surface area contributed by atoms with Crippen LogP contribution in [0.5, 0.6) is 0 Å². The predicted octanol–water partition coefficient (Wildman–Crippen LogP) is 1.92. The van der Waals surface area contributed by atoms with E-state index in [0.29, 0.717) is 13.0 Å². The Morgan fingerprint density at radius 2 is 2.28 bits per heavy atom. The van der Waals surface area contributed by atoms with E-state index in [1.165, 1.54) is 11.9 Å². The minimum Gasteiger partial charge on any atom is -0.331 e. The van der Waals surface area contributed by atoms with Crippen LogP contribution < -0.4 is 0 Å². The zero-order valence-electron chi connectivity index (χ0n) is 14.5. The molecule has 0 saturated carbocycles. The van der Waals surface area contributed by atoms with E-state index in [2.05, 4.69) is 36.3 Å².